The van der Waals surface area contributed by atoms with Gasteiger partial charge < -0.3 is 11.1 Å². The molecular weight excluding hydrogens is 236 g/mol. The molecule has 0 saturated heterocycles. The van der Waals surface area contributed by atoms with Crippen molar-refractivity contribution in [2.75, 3.05) is 11.1 Å². The van der Waals surface area contributed by atoms with Crippen LogP contribution < -0.4 is 11.1 Å². The van der Waals surface area contributed by atoms with Crippen molar-refractivity contribution in [3.8, 4) is 0 Å². The minimum atomic E-state index is 0.493. The molecule has 1 saturated carbocycles. The number of anilines is 2. The van der Waals surface area contributed by atoms with Gasteiger partial charge in [0.2, 0.25) is 0 Å². The fourth-order valence-electron chi connectivity index (χ4n) is 2.62. The van der Waals surface area contributed by atoms with Crippen LogP contribution in [-0.2, 0) is 6.42 Å². The Balaban J connectivity index is 2.09. The molecule has 1 fully saturated rings. The molecule has 0 unspecified atom stereocenters. The quantitative estimate of drug-likeness (QED) is 0.877. The molecule has 1 heterocycles. The van der Waals surface area contributed by atoms with Gasteiger partial charge >= 0.3 is 0 Å². The summed E-state index contributed by atoms with van der Waals surface area (Å²) >= 11 is 0. The molecule has 0 spiro atoms. The summed E-state index contributed by atoms with van der Waals surface area (Å²) in [6.07, 6.45) is 5.77. The van der Waals surface area contributed by atoms with Crippen LogP contribution in [0.15, 0.2) is 0 Å². The van der Waals surface area contributed by atoms with Crippen molar-refractivity contribution in [2.45, 2.75) is 65.8 Å². The van der Waals surface area contributed by atoms with Crippen LogP contribution in [0.4, 0.5) is 11.6 Å². The summed E-state index contributed by atoms with van der Waals surface area (Å²) in [5.41, 5.74) is 7.42. The lowest BCUT2D eigenvalue weighted by atomic mass is 9.75. The lowest BCUT2D eigenvalue weighted by Crippen LogP contribution is -2.30. The van der Waals surface area contributed by atoms with Gasteiger partial charge in [0.05, 0.1) is 0 Å². The highest BCUT2D eigenvalue weighted by Gasteiger charge is 2.27. The number of rotatable bonds is 3. The van der Waals surface area contributed by atoms with Crippen molar-refractivity contribution in [3.63, 3.8) is 0 Å². The Hall–Kier alpha value is -1.32. The van der Waals surface area contributed by atoms with E-state index in [0.717, 1.165) is 23.6 Å². The van der Waals surface area contributed by atoms with Gasteiger partial charge in [-0.25, -0.2) is 9.97 Å². The number of hydrogen-bond donors (Lipinski definition) is 2. The first kappa shape index (κ1) is 14.1. The zero-order chi connectivity index (χ0) is 14.0. The molecule has 3 N–H and O–H groups in total. The van der Waals surface area contributed by atoms with E-state index in [2.05, 4.69) is 36.1 Å². The van der Waals surface area contributed by atoms with Crippen molar-refractivity contribution in [3.05, 3.63) is 11.4 Å². The molecule has 0 amide bonds. The first-order chi connectivity index (χ1) is 8.91. The van der Waals surface area contributed by atoms with Crippen LogP contribution in [0.3, 0.4) is 0 Å². The summed E-state index contributed by atoms with van der Waals surface area (Å²) in [4.78, 5) is 8.87. The summed E-state index contributed by atoms with van der Waals surface area (Å²) in [6.45, 7) is 8.75. The zero-order valence-corrected chi connectivity index (χ0v) is 12.6. The Morgan fingerprint density at radius 1 is 1.26 bits per heavy atom. The first-order valence-electron chi connectivity index (χ1n) is 7.31. The summed E-state index contributed by atoms with van der Waals surface area (Å²) < 4.78 is 0. The van der Waals surface area contributed by atoms with Crippen LogP contribution >= 0.6 is 0 Å². The van der Waals surface area contributed by atoms with Crippen molar-refractivity contribution >= 4 is 11.6 Å². The topological polar surface area (TPSA) is 63.8 Å². The maximum Gasteiger partial charge on any atom is 0.134 e. The van der Waals surface area contributed by atoms with Gasteiger partial charge in [0.15, 0.2) is 0 Å². The number of hydrogen-bond acceptors (Lipinski definition) is 4. The van der Waals surface area contributed by atoms with Gasteiger partial charge in [-0.2, -0.15) is 0 Å². The standard InChI is InChI=1S/C15H26N4/c1-5-12-18-13(16)10(2)14(19-12)17-11-6-8-15(3,4)9-7-11/h11H,5-9H2,1-4H3,(H3,16,17,18,19). The van der Waals surface area contributed by atoms with Crippen LogP contribution in [0.25, 0.3) is 0 Å². The second kappa shape index (κ2) is 5.35. The maximum atomic E-state index is 5.95. The van der Waals surface area contributed by atoms with Crippen LogP contribution in [0, 0.1) is 12.3 Å². The molecular formula is C15H26N4. The van der Waals surface area contributed by atoms with E-state index in [4.69, 9.17) is 5.73 Å². The fraction of sp³-hybridized carbons (Fsp3) is 0.733. The molecule has 0 aromatic carbocycles. The average molecular weight is 262 g/mol. The molecule has 2 rings (SSSR count). The van der Waals surface area contributed by atoms with Crippen LogP contribution in [0.2, 0.25) is 0 Å². The number of nitrogen functional groups attached to an aromatic ring is 1. The summed E-state index contributed by atoms with van der Waals surface area (Å²) in [7, 11) is 0. The lowest BCUT2D eigenvalue weighted by molar-refractivity contribution is 0.232. The van der Waals surface area contributed by atoms with Crippen molar-refractivity contribution in [1.29, 1.82) is 0 Å². The summed E-state index contributed by atoms with van der Waals surface area (Å²) in [5, 5.41) is 3.57. The van der Waals surface area contributed by atoms with Crippen LogP contribution in [-0.4, -0.2) is 16.0 Å². The number of aromatic nitrogens is 2. The van der Waals surface area contributed by atoms with Gasteiger partial charge in [-0.05, 0) is 38.0 Å². The SMILES string of the molecule is CCc1nc(N)c(C)c(NC2CCC(C)(C)CC2)n1. The maximum absolute atomic E-state index is 5.95. The highest BCUT2D eigenvalue weighted by molar-refractivity contribution is 5.55. The molecule has 106 valence electrons. The number of nitrogens with zero attached hydrogens (tertiary/aromatic N) is 2. The molecule has 19 heavy (non-hydrogen) atoms. The Morgan fingerprint density at radius 2 is 1.89 bits per heavy atom. The van der Waals surface area contributed by atoms with E-state index in [-0.39, 0.29) is 0 Å². The predicted octanol–water partition coefficient (Wildman–Crippen LogP) is 3.31. The van der Waals surface area contributed by atoms with E-state index in [9.17, 15) is 0 Å². The fourth-order valence-corrected chi connectivity index (χ4v) is 2.62. The lowest BCUT2D eigenvalue weighted by Gasteiger charge is -2.35. The average Bonchev–Trinajstić information content (AvgIpc) is 2.37. The van der Waals surface area contributed by atoms with E-state index in [1.54, 1.807) is 0 Å². The van der Waals surface area contributed by atoms with Crippen LogP contribution in [0.1, 0.15) is 57.8 Å². The molecule has 4 nitrogen and oxygen atoms in total. The summed E-state index contributed by atoms with van der Waals surface area (Å²) in [6, 6.07) is 0.519. The van der Waals surface area contributed by atoms with E-state index in [1.807, 2.05) is 6.92 Å². The Bertz CT molecular complexity index is 444. The van der Waals surface area contributed by atoms with E-state index < -0.39 is 0 Å². The predicted molar refractivity (Wildman–Crippen MR) is 80.2 cm³/mol. The van der Waals surface area contributed by atoms with Gasteiger partial charge in [0.1, 0.15) is 17.5 Å². The van der Waals surface area contributed by atoms with Crippen molar-refractivity contribution in [2.24, 2.45) is 5.41 Å². The van der Waals surface area contributed by atoms with Gasteiger partial charge in [-0.1, -0.05) is 20.8 Å². The molecule has 0 aliphatic heterocycles. The molecule has 4 heteroatoms. The molecule has 1 aliphatic carbocycles. The minimum Gasteiger partial charge on any atom is -0.383 e. The highest BCUT2D eigenvalue weighted by Crippen LogP contribution is 2.36. The second-order valence-corrected chi connectivity index (χ2v) is 6.44. The van der Waals surface area contributed by atoms with Gasteiger partial charge in [-0.15, -0.1) is 0 Å². The van der Waals surface area contributed by atoms with E-state index in [0.29, 0.717) is 17.3 Å². The smallest absolute Gasteiger partial charge is 0.134 e. The highest BCUT2D eigenvalue weighted by atomic mass is 15.1. The third-order valence-corrected chi connectivity index (χ3v) is 4.23. The van der Waals surface area contributed by atoms with E-state index in [1.165, 1.54) is 25.7 Å². The Kier molecular flexibility index (Phi) is 3.97. The molecule has 1 aliphatic rings. The number of nitrogens with two attached hydrogens (primary N) is 1. The molecule has 0 atom stereocenters. The molecule has 0 radical (unpaired) electrons. The first-order valence-corrected chi connectivity index (χ1v) is 7.31. The molecule has 1 aromatic heterocycles. The third kappa shape index (κ3) is 3.37. The second-order valence-electron chi connectivity index (χ2n) is 6.44. The number of nitrogens with one attached hydrogen (secondary N) is 1. The van der Waals surface area contributed by atoms with E-state index >= 15 is 0 Å². The van der Waals surface area contributed by atoms with Gasteiger partial charge in [-0.3, -0.25) is 0 Å². The van der Waals surface area contributed by atoms with Gasteiger partial charge in [0.25, 0.3) is 0 Å². The Labute approximate surface area is 116 Å². The molecule has 1 aromatic rings. The monoisotopic (exact) mass is 262 g/mol. The summed E-state index contributed by atoms with van der Waals surface area (Å²) in [5.74, 6) is 2.35. The minimum absolute atomic E-state index is 0.493. The molecule has 0 bridgehead atoms. The van der Waals surface area contributed by atoms with Crippen molar-refractivity contribution in [1.82, 2.24) is 9.97 Å². The van der Waals surface area contributed by atoms with Crippen molar-refractivity contribution < 1.29 is 0 Å². The zero-order valence-electron chi connectivity index (χ0n) is 12.6. The normalized spacial score (nSPS) is 19.4. The van der Waals surface area contributed by atoms with Crippen LogP contribution in [0.5, 0.6) is 0 Å². The largest absolute Gasteiger partial charge is 0.383 e. The third-order valence-electron chi connectivity index (χ3n) is 4.23. The van der Waals surface area contributed by atoms with Gasteiger partial charge in [0, 0.05) is 18.0 Å². The Morgan fingerprint density at radius 3 is 2.47 bits per heavy atom. The number of aryl methyl sites for hydroxylation is 1.